The molecule has 2 aromatic rings. The van der Waals surface area contributed by atoms with Crippen LogP contribution in [0.2, 0.25) is 0 Å². The first-order valence-electron chi connectivity index (χ1n) is 8.85. The average molecular weight is 358 g/mol. The van der Waals surface area contributed by atoms with Gasteiger partial charge in [0.25, 0.3) is 0 Å². The maximum atomic E-state index is 5.53. The number of hydrogen-bond acceptors (Lipinski definition) is 7. The smallest absolute Gasteiger partial charge is 0.203 e. The Kier molecular flexibility index (Phi) is 5.99. The number of piperidine rings is 1. The van der Waals surface area contributed by atoms with E-state index in [0.717, 1.165) is 30.3 Å². The monoisotopic (exact) mass is 358 g/mol. The van der Waals surface area contributed by atoms with E-state index >= 15 is 0 Å². The van der Waals surface area contributed by atoms with Gasteiger partial charge in [0.2, 0.25) is 5.75 Å². The number of nitrogens with one attached hydrogen (secondary N) is 1. The normalized spacial score (nSPS) is 14.0. The lowest BCUT2D eigenvalue weighted by atomic mass is 10.1. The summed E-state index contributed by atoms with van der Waals surface area (Å²) in [6, 6.07) is 5.83. The summed E-state index contributed by atoms with van der Waals surface area (Å²) in [4.78, 5) is 11.1. The third-order valence-electron chi connectivity index (χ3n) is 4.58. The third-order valence-corrected chi connectivity index (χ3v) is 4.58. The Labute approximate surface area is 154 Å². The van der Waals surface area contributed by atoms with E-state index in [0.29, 0.717) is 23.8 Å². The number of anilines is 2. The molecule has 140 valence electrons. The van der Waals surface area contributed by atoms with E-state index in [2.05, 4.69) is 20.2 Å². The molecule has 0 saturated carbocycles. The van der Waals surface area contributed by atoms with E-state index in [4.69, 9.17) is 14.2 Å². The van der Waals surface area contributed by atoms with Crippen LogP contribution >= 0.6 is 0 Å². The topological polar surface area (TPSA) is 68.7 Å². The van der Waals surface area contributed by atoms with Gasteiger partial charge in [-0.25, -0.2) is 9.97 Å². The molecule has 0 atom stereocenters. The quantitative estimate of drug-likeness (QED) is 0.815. The number of hydrogen-bond donors (Lipinski definition) is 1. The Balaban J connectivity index is 1.75. The number of benzene rings is 1. The van der Waals surface area contributed by atoms with Gasteiger partial charge in [-0.3, -0.25) is 0 Å². The molecular weight excluding hydrogens is 332 g/mol. The fourth-order valence-electron chi connectivity index (χ4n) is 3.23. The number of nitrogens with zero attached hydrogens (tertiary/aromatic N) is 3. The lowest BCUT2D eigenvalue weighted by molar-refractivity contribution is 0.322. The highest BCUT2D eigenvalue weighted by Gasteiger charge is 2.16. The predicted octanol–water partition coefficient (Wildman–Crippen LogP) is 3.10. The van der Waals surface area contributed by atoms with Crippen LogP contribution in [0.25, 0.3) is 0 Å². The minimum Gasteiger partial charge on any atom is -0.493 e. The van der Waals surface area contributed by atoms with E-state index in [1.54, 1.807) is 27.7 Å². The van der Waals surface area contributed by atoms with Crippen LogP contribution in [0.4, 0.5) is 11.6 Å². The van der Waals surface area contributed by atoms with E-state index in [1.807, 2.05) is 18.2 Å². The molecule has 3 rings (SSSR count). The first-order valence-corrected chi connectivity index (χ1v) is 8.85. The Bertz CT molecular complexity index is 733. The molecule has 2 heterocycles. The fourth-order valence-corrected chi connectivity index (χ4v) is 3.23. The zero-order chi connectivity index (χ0) is 18.4. The molecule has 0 radical (unpaired) electrons. The highest BCUT2D eigenvalue weighted by Crippen LogP contribution is 2.39. The summed E-state index contributed by atoms with van der Waals surface area (Å²) in [6.45, 7) is 2.67. The highest BCUT2D eigenvalue weighted by molar-refractivity contribution is 5.57. The molecule has 7 heteroatoms. The van der Waals surface area contributed by atoms with Gasteiger partial charge >= 0.3 is 0 Å². The van der Waals surface area contributed by atoms with Crippen LogP contribution in [0.5, 0.6) is 17.2 Å². The fraction of sp³-hybridized carbons (Fsp3) is 0.474. The molecule has 0 bridgehead atoms. The van der Waals surface area contributed by atoms with E-state index in [9.17, 15) is 0 Å². The van der Waals surface area contributed by atoms with Crippen molar-refractivity contribution in [1.82, 2.24) is 9.97 Å². The molecule has 1 aromatic carbocycles. The van der Waals surface area contributed by atoms with Crippen molar-refractivity contribution in [2.75, 3.05) is 44.6 Å². The van der Waals surface area contributed by atoms with E-state index in [-0.39, 0.29) is 0 Å². The summed E-state index contributed by atoms with van der Waals surface area (Å²) in [6.07, 6.45) is 5.34. The third kappa shape index (κ3) is 3.92. The molecule has 26 heavy (non-hydrogen) atoms. The van der Waals surface area contributed by atoms with Crippen molar-refractivity contribution in [3.63, 3.8) is 0 Å². The Morgan fingerprint density at radius 1 is 0.962 bits per heavy atom. The average Bonchev–Trinajstić information content (AvgIpc) is 2.72. The molecule has 1 aromatic heterocycles. The molecule has 1 aliphatic rings. The molecule has 1 N–H and O–H groups in total. The number of rotatable bonds is 7. The molecule has 1 saturated heterocycles. The van der Waals surface area contributed by atoms with Crippen LogP contribution in [0.1, 0.15) is 24.8 Å². The van der Waals surface area contributed by atoms with Gasteiger partial charge in [0, 0.05) is 31.3 Å². The summed E-state index contributed by atoms with van der Waals surface area (Å²) in [5.74, 6) is 3.65. The lowest BCUT2D eigenvalue weighted by Gasteiger charge is -2.27. The van der Waals surface area contributed by atoms with Crippen LogP contribution in [-0.2, 0) is 6.54 Å². The van der Waals surface area contributed by atoms with Crippen molar-refractivity contribution in [3.05, 3.63) is 30.1 Å². The maximum absolute atomic E-state index is 5.53. The van der Waals surface area contributed by atoms with Gasteiger partial charge in [0.15, 0.2) is 11.5 Å². The minimum atomic E-state index is 0.556. The first-order chi connectivity index (χ1) is 12.8. The van der Waals surface area contributed by atoms with Crippen LogP contribution in [0.15, 0.2) is 24.5 Å². The van der Waals surface area contributed by atoms with Gasteiger partial charge in [-0.15, -0.1) is 0 Å². The van der Waals surface area contributed by atoms with Crippen molar-refractivity contribution in [3.8, 4) is 17.2 Å². The van der Waals surface area contributed by atoms with Crippen LogP contribution in [-0.4, -0.2) is 44.4 Å². The summed E-state index contributed by atoms with van der Waals surface area (Å²) in [7, 11) is 4.84. The van der Waals surface area contributed by atoms with Gasteiger partial charge in [-0.2, -0.15) is 0 Å². The first kappa shape index (κ1) is 18.1. The van der Waals surface area contributed by atoms with E-state index < -0.39 is 0 Å². The maximum Gasteiger partial charge on any atom is 0.203 e. The van der Waals surface area contributed by atoms with Crippen LogP contribution in [0.3, 0.4) is 0 Å². The largest absolute Gasteiger partial charge is 0.493 e. The van der Waals surface area contributed by atoms with Crippen LogP contribution in [0, 0.1) is 0 Å². The lowest BCUT2D eigenvalue weighted by Crippen LogP contribution is -2.30. The molecule has 0 unspecified atom stereocenters. The van der Waals surface area contributed by atoms with Crippen molar-refractivity contribution in [1.29, 1.82) is 0 Å². The van der Waals surface area contributed by atoms with E-state index in [1.165, 1.54) is 19.3 Å². The number of methoxy groups -OCH3 is 3. The van der Waals surface area contributed by atoms with Gasteiger partial charge in [-0.05, 0) is 31.4 Å². The zero-order valence-electron chi connectivity index (χ0n) is 15.6. The zero-order valence-corrected chi connectivity index (χ0v) is 15.6. The van der Waals surface area contributed by atoms with Crippen LogP contribution < -0.4 is 24.4 Å². The van der Waals surface area contributed by atoms with Gasteiger partial charge in [-0.1, -0.05) is 0 Å². The summed E-state index contributed by atoms with van der Waals surface area (Å²) in [5, 5.41) is 3.35. The standard InChI is InChI=1S/C19H26N4O3/c1-24-15-8-7-14(18(25-2)19(15)26-3)12-20-16-11-17(22-13-21-16)23-9-5-4-6-10-23/h7-8,11,13H,4-6,9-10,12H2,1-3H3,(H,20,21,22). The molecule has 7 nitrogen and oxygen atoms in total. The van der Waals surface area contributed by atoms with Gasteiger partial charge in [0.05, 0.1) is 21.3 Å². The van der Waals surface area contributed by atoms with Gasteiger partial charge in [0.1, 0.15) is 18.0 Å². The Morgan fingerprint density at radius 3 is 2.42 bits per heavy atom. The summed E-state index contributed by atoms with van der Waals surface area (Å²) in [5.41, 5.74) is 0.961. The second-order valence-electron chi connectivity index (χ2n) is 6.16. The van der Waals surface area contributed by atoms with Gasteiger partial charge < -0.3 is 24.4 Å². The molecule has 0 aliphatic carbocycles. The van der Waals surface area contributed by atoms with Crippen molar-refractivity contribution in [2.45, 2.75) is 25.8 Å². The van der Waals surface area contributed by atoms with Crippen molar-refractivity contribution < 1.29 is 14.2 Å². The molecule has 0 amide bonds. The highest BCUT2D eigenvalue weighted by atomic mass is 16.5. The molecule has 1 aliphatic heterocycles. The Morgan fingerprint density at radius 2 is 1.73 bits per heavy atom. The van der Waals surface area contributed by atoms with Crippen molar-refractivity contribution >= 4 is 11.6 Å². The predicted molar refractivity (Wildman–Crippen MR) is 102 cm³/mol. The summed E-state index contributed by atoms with van der Waals surface area (Å²) >= 11 is 0. The second kappa shape index (κ2) is 8.60. The number of ether oxygens (including phenoxy) is 3. The SMILES string of the molecule is COc1ccc(CNc2cc(N3CCCCC3)ncn2)c(OC)c1OC. The molecule has 0 spiro atoms. The Hall–Kier alpha value is -2.70. The molecule has 1 fully saturated rings. The summed E-state index contributed by atoms with van der Waals surface area (Å²) < 4.78 is 16.3. The minimum absolute atomic E-state index is 0.556. The number of aromatic nitrogens is 2. The van der Waals surface area contributed by atoms with Crippen molar-refractivity contribution in [2.24, 2.45) is 0 Å². The molecular formula is C19H26N4O3. The second-order valence-corrected chi connectivity index (χ2v) is 6.16.